The van der Waals surface area contributed by atoms with E-state index < -0.39 is 0 Å². The third-order valence-corrected chi connectivity index (χ3v) is 4.94. The molecule has 0 radical (unpaired) electrons. The summed E-state index contributed by atoms with van der Waals surface area (Å²) < 4.78 is 6.62. The first kappa shape index (κ1) is 18.8. The largest absolute Gasteiger partial charge is 0.488 e. The maximum Gasteiger partial charge on any atom is 0.259 e. The van der Waals surface area contributed by atoms with Gasteiger partial charge in [-0.3, -0.25) is 4.79 Å². The highest BCUT2D eigenvalue weighted by molar-refractivity contribution is 9.10. The molecular formula is C20H14BrCl2NO2. The molecule has 0 saturated carbocycles. The highest BCUT2D eigenvalue weighted by Crippen LogP contribution is 2.31. The van der Waals surface area contributed by atoms with Crippen LogP contribution in [0.3, 0.4) is 0 Å². The first-order valence-electron chi connectivity index (χ1n) is 7.76. The summed E-state index contributed by atoms with van der Waals surface area (Å²) in [5.41, 5.74) is 1.85. The van der Waals surface area contributed by atoms with E-state index >= 15 is 0 Å². The van der Waals surface area contributed by atoms with Gasteiger partial charge in [-0.2, -0.15) is 0 Å². The number of benzene rings is 3. The minimum Gasteiger partial charge on any atom is -0.488 e. The number of rotatable bonds is 5. The summed E-state index contributed by atoms with van der Waals surface area (Å²) >= 11 is 15.5. The topological polar surface area (TPSA) is 38.3 Å². The Labute approximate surface area is 170 Å². The molecule has 0 aliphatic carbocycles. The molecule has 0 aliphatic heterocycles. The van der Waals surface area contributed by atoms with Crippen LogP contribution in [0.5, 0.6) is 5.75 Å². The normalized spacial score (nSPS) is 10.4. The van der Waals surface area contributed by atoms with Crippen LogP contribution in [0.4, 0.5) is 5.69 Å². The van der Waals surface area contributed by atoms with Gasteiger partial charge < -0.3 is 10.1 Å². The molecule has 0 fully saturated rings. The molecule has 0 saturated heterocycles. The Hall–Kier alpha value is -2.01. The molecule has 0 bridgehead atoms. The third kappa shape index (κ3) is 4.58. The van der Waals surface area contributed by atoms with Gasteiger partial charge >= 0.3 is 0 Å². The molecule has 0 aromatic heterocycles. The van der Waals surface area contributed by atoms with Gasteiger partial charge in [-0.05, 0) is 35.9 Å². The van der Waals surface area contributed by atoms with E-state index in [1.54, 1.807) is 30.3 Å². The molecule has 0 unspecified atom stereocenters. The SMILES string of the molecule is O=C(Nc1cccc(Cl)c1Cl)c1cc(Br)ccc1OCc1ccccc1. The number of hydrogen-bond donors (Lipinski definition) is 1. The van der Waals surface area contributed by atoms with Crippen molar-refractivity contribution in [2.24, 2.45) is 0 Å². The van der Waals surface area contributed by atoms with Crippen LogP contribution in [0.2, 0.25) is 10.0 Å². The number of hydrogen-bond acceptors (Lipinski definition) is 2. The molecule has 6 heteroatoms. The summed E-state index contributed by atoms with van der Waals surface area (Å²) in [6, 6.07) is 20.1. The smallest absolute Gasteiger partial charge is 0.259 e. The first-order chi connectivity index (χ1) is 12.5. The summed E-state index contributed by atoms with van der Waals surface area (Å²) in [4.78, 5) is 12.7. The second-order valence-corrected chi connectivity index (χ2v) is 7.17. The minimum atomic E-state index is -0.335. The lowest BCUT2D eigenvalue weighted by atomic mass is 10.1. The number of carbonyl (C=O) groups is 1. The van der Waals surface area contributed by atoms with Gasteiger partial charge in [-0.25, -0.2) is 0 Å². The molecule has 0 spiro atoms. The van der Waals surface area contributed by atoms with E-state index in [-0.39, 0.29) is 5.91 Å². The summed E-state index contributed by atoms with van der Waals surface area (Å²) in [7, 11) is 0. The van der Waals surface area contributed by atoms with E-state index in [9.17, 15) is 4.79 Å². The molecule has 1 N–H and O–H groups in total. The zero-order valence-corrected chi connectivity index (χ0v) is 16.6. The summed E-state index contributed by atoms with van der Waals surface area (Å²) in [5.74, 6) is 0.145. The van der Waals surface area contributed by atoms with Crippen LogP contribution in [0.1, 0.15) is 15.9 Å². The lowest BCUT2D eigenvalue weighted by Crippen LogP contribution is -2.14. The van der Waals surface area contributed by atoms with E-state index in [0.717, 1.165) is 10.0 Å². The Balaban J connectivity index is 1.82. The molecule has 0 atom stereocenters. The predicted molar refractivity (Wildman–Crippen MR) is 109 cm³/mol. The fourth-order valence-corrected chi connectivity index (χ4v) is 3.04. The first-order valence-corrected chi connectivity index (χ1v) is 9.31. The van der Waals surface area contributed by atoms with Crippen molar-refractivity contribution in [1.29, 1.82) is 0 Å². The zero-order valence-electron chi connectivity index (χ0n) is 13.5. The van der Waals surface area contributed by atoms with Crippen molar-refractivity contribution in [3.05, 3.63) is 92.4 Å². The van der Waals surface area contributed by atoms with Gasteiger partial charge in [0.2, 0.25) is 0 Å². The zero-order chi connectivity index (χ0) is 18.5. The number of anilines is 1. The van der Waals surface area contributed by atoms with Gasteiger partial charge in [0.25, 0.3) is 5.91 Å². The van der Waals surface area contributed by atoms with Gasteiger partial charge in [0.15, 0.2) is 0 Å². The lowest BCUT2D eigenvalue weighted by Gasteiger charge is -2.13. The van der Waals surface area contributed by atoms with Gasteiger partial charge in [-0.1, -0.05) is 75.5 Å². The van der Waals surface area contributed by atoms with E-state index in [1.165, 1.54) is 0 Å². The fourth-order valence-electron chi connectivity index (χ4n) is 2.33. The van der Waals surface area contributed by atoms with Crippen molar-refractivity contribution in [3.8, 4) is 5.75 Å². The number of amides is 1. The van der Waals surface area contributed by atoms with Gasteiger partial charge in [0.1, 0.15) is 12.4 Å². The van der Waals surface area contributed by atoms with E-state index in [1.807, 2.05) is 36.4 Å². The molecule has 3 aromatic rings. The van der Waals surface area contributed by atoms with Crippen LogP contribution in [0, 0.1) is 0 Å². The number of carbonyl (C=O) groups excluding carboxylic acids is 1. The molecule has 1 amide bonds. The number of halogens is 3. The monoisotopic (exact) mass is 449 g/mol. The Bertz CT molecular complexity index is 932. The van der Waals surface area contributed by atoms with E-state index in [0.29, 0.717) is 33.7 Å². The molecular weight excluding hydrogens is 437 g/mol. The highest BCUT2D eigenvalue weighted by atomic mass is 79.9. The second-order valence-electron chi connectivity index (χ2n) is 5.47. The standard InChI is InChI=1S/C20H14BrCl2NO2/c21-14-9-10-18(26-12-13-5-2-1-3-6-13)15(11-14)20(25)24-17-8-4-7-16(22)19(17)23/h1-11H,12H2,(H,24,25). The number of ether oxygens (including phenoxy) is 1. The van der Waals surface area contributed by atoms with Crippen molar-refractivity contribution < 1.29 is 9.53 Å². The van der Waals surface area contributed by atoms with Gasteiger partial charge in [0, 0.05) is 4.47 Å². The molecule has 132 valence electrons. The van der Waals surface area contributed by atoms with E-state index in [2.05, 4.69) is 21.2 Å². The summed E-state index contributed by atoms with van der Waals surface area (Å²) in [6.45, 7) is 0.362. The minimum absolute atomic E-state index is 0.296. The summed E-state index contributed by atoms with van der Waals surface area (Å²) in [5, 5.41) is 3.45. The molecule has 3 nitrogen and oxygen atoms in total. The van der Waals surface area contributed by atoms with Crippen molar-refractivity contribution >= 4 is 50.7 Å². The van der Waals surface area contributed by atoms with Gasteiger partial charge in [-0.15, -0.1) is 0 Å². The molecule has 0 aliphatic rings. The Morgan fingerprint density at radius 3 is 2.54 bits per heavy atom. The lowest BCUT2D eigenvalue weighted by molar-refractivity contribution is 0.102. The van der Waals surface area contributed by atoms with Crippen molar-refractivity contribution in [1.82, 2.24) is 0 Å². The number of nitrogens with one attached hydrogen (secondary N) is 1. The average molecular weight is 451 g/mol. The molecule has 26 heavy (non-hydrogen) atoms. The Morgan fingerprint density at radius 2 is 1.77 bits per heavy atom. The van der Waals surface area contributed by atoms with Crippen LogP contribution >= 0.6 is 39.1 Å². The quantitative estimate of drug-likeness (QED) is 0.476. The van der Waals surface area contributed by atoms with E-state index in [4.69, 9.17) is 27.9 Å². The fraction of sp³-hybridized carbons (Fsp3) is 0.0500. The molecule has 3 rings (SSSR count). The Kier molecular flexibility index (Phi) is 6.20. The maximum absolute atomic E-state index is 12.7. The average Bonchev–Trinajstić information content (AvgIpc) is 2.65. The molecule has 3 aromatic carbocycles. The van der Waals surface area contributed by atoms with Crippen LogP contribution in [0.15, 0.2) is 71.2 Å². The van der Waals surface area contributed by atoms with Crippen LogP contribution < -0.4 is 10.1 Å². The summed E-state index contributed by atoms with van der Waals surface area (Å²) in [6.07, 6.45) is 0. The Morgan fingerprint density at radius 1 is 1.00 bits per heavy atom. The van der Waals surface area contributed by atoms with Crippen molar-refractivity contribution in [3.63, 3.8) is 0 Å². The van der Waals surface area contributed by atoms with Gasteiger partial charge in [0.05, 0.1) is 21.3 Å². The second kappa shape index (κ2) is 8.58. The van der Waals surface area contributed by atoms with Crippen LogP contribution in [-0.2, 0) is 6.61 Å². The highest BCUT2D eigenvalue weighted by Gasteiger charge is 2.16. The van der Waals surface area contributed by atoms with Crippen LogP contribution in [0.25, 0.3) is 0 Å². The van der Waals surface area contributed by atoms with Crippen molar-refractivity contribution in [2.45, 2.75) is 6.61 Å². The maximum atomic E-state index is 12.7. The van der Waals surface area contributed by atoms with Crippen LogP contribution in [-0.4, -0.2) is 5.91 Å². The van der Waals surface area contributed by atoms with Crippen molar-refractivity contribution in [2.75, 3.05) is 5.32 Å². The third-order valence-electron chi connectivity index (χ3n) is 3.62. The predicted octanol–water partition coefficient (Wildman–Crippen LogP) is 6.59. The molecule has 0 heterocycles.